The maximum Gasteiger partial charge on any atom is 0.276 e. The highest BCUT2D eigenvalue weighted by molar-refractivity contribution is 6.02. The van der Waals surface area contributed by atoms with E-state index in [9.17, 15) is 14.0 Å². The second kappa shape index (κ2) is 7.69. The second-order valence-electron chi connectivity index (χ2n) is 5.50. The monoisotopic (exact) mass is 369 g/mol. The van der Waals surface area contributed by atoms with Gasteiger partial charge in [0.2, 0.25) is 0 Å². The van der Waals surface area contributed by atoms with Crippen molar-refractivity contribution in [3.05, 3.63) is 76.5 Å². The van der Waals surface area contributed by atoms with Gasteiger partial charge in [0.25, 0.3) is 11.5 Å². The van der Waals surface area contributed by atoms with Crippen molar-refractivity contribution in [3.8, 4) is 17.2 Å². The predicted octanol–water partition coefficient (Wildman–Crippen LogP) is 2.64. The number of halogens is 1. The molecule has 0 fully saturated rings. The van der Waals surface area contributed by atoms with Gasteiger partial charge in [0.15, 0.2) is 0 Å². The van der Waals surface area contributed by atoms with Crippen LogP contribution in [0, 0.1) is 5.82 Å². The smallest absolute Gasteiger partial charge is 0.276 e. The Kier molecular flexibility index (Phi) is 5.16. The number of hydrogen-bond donors (Lipinski definition) is 1. The minimum absolute atomic E-state index is 0.0145. The van der Waals surface area contributed by atoms with Gasteiger partial charge in [0, 0.05) is 30.0 Å². The molecule has 3 rings (SSSR count). The van der Waals surface area contributed by atoms with Gasteiger partial charge in [-0.25, -0.2) is 4.39 Å². The molecule has 0 saturated heterocycles. The number of carbonyl (C=O) groups excluding carboxylic acids is 1. The van der Waals surface area contributed by atoms with Crippen LogP contribution < -0.4 is 20.3 Å². The van der Waals surface area contributed by atoms with Crippen LogP contribution in [0.4, 0.5) is 10.1 Å². The zero-order valence-electron chi connectivity index (χ0n) is 14.6. The van der Waals surface area contributed by atoms with E-state index in [0.717, 1.165) is 4.68 Å². The standard InChI is InChI=1S/C19H16FN3O4/c1-26-15-9-13(10-16(11-15)27-2)21-19(25)17-7-8-18(24)23(22-17)14-5-3-12(20)4-6-14/h3-11H,1-2H3,(H,21,25). The summed E-state index contributed by atoms with van der Waals surface area (Å²) in [5.41, 5.74) is 0.360. The number of nitrogens with one attached hydrogen (secondary N) is 1. The number of methoxy groups -OCH3 is 2. The molecular weight excluding hydrogens is 353 g/mol. The van der Waals surface area contributed by atoms with Gasteiger partial charge in [-0.15, -0.1) is 0 Å². The summed E-state index contributed by atoms with van der Waals surface area (Å²) >= 11 is 0. The van der Waals surface area contributed by atoms with E-state index < -0.39 is 17.3 Å². The van der Waals surface area contributed by atoms with Crippen molar-refractivity contribution < 1.29 is 18.7 Å². The number of anilines is 1. The van der Waals surface area contributed by atoms with E-state index in [4.69, 9.17) is 9.47 Å². The van der Waals surface area contributed by atoms with Gasteiger partial charge in [0.1, 0.15) is 23.0 Å². The minimum atomic E-state index is -0.527. The van der Waals surface area contributed by atoms with Gasteiger partial charge < -0.3 is 14.8 Å². The molecule has 0 radical (unpaired) electrons. The molecule has 0 bridgehead atoms. The molecule has 0 saturated carbocycles. The number of hydrogen-bond acceptors (Lipinski definition) is 5. The molecule has 0 spiro atoms. The summed E-state index contributed by atoms with van der Waals surface area (Å²) in [6.07, 6.45) is 0. The number of ether oxygens (including phenoxy) is 2. The molecule has 0 atom stereocenters. The Hall–Kier alpha value is -3.68. The normalized spacial score (nSPS) is 10.3. The van der Waals surface area contributed by atoms with Crippen molar-refractivity contribution in [2.45, 2.75) is 0 Å². The first-order valence-corrected chi connectivity index (χ1v) is 7.91. The lowest BCUT2D eigenvalue weighted by Gasteiger charge is -2.10. The van der Waals surface area contributed by atoms with Crippen LogP contribution in [0.1, 0.15) is 10.5 Å². The Bertz CT molecular complexity index is 1010. The molecule has 0 aliphatic rings. The summed E-state index contributed by atoms with van der Waals surface area (Å²) in [5.74, 6) is 0.0524. The summed E-state index contributed by atoms with van der Waals surface area (Å²) < 4.78 is 24.4. The molecule has 1 N–H and O–H groups in total. The Morgan fingerprint density at radius 1 is 1.00 bits per heavy atom. The Labute approximate surface area is 154 Å². The average Bonchev–Trinajstić information content (AvgIpc) is 2.68. The highest BCUT2D eigenvalue weighted by atomic mass is 19.1. The zero-order chi connectivity index (χ0) is 19.4. The van der Waals surface area contributed by atoms with Crippen LogP contribution in [0.15, 0.2) is 59.4 Å². The van der Waals surface area contributed by atoms with Crippen LogP contribution in [0.25, 0.3) is 5.69 Å². The maximum absolute atomic E-state index is 13.1. The number of benzene rings is 2. The number of nitrogens with zero attached hydrogens (tertiary/aromatic N) is 2. The fourth-order valence-corrected chi connectivity index (χ4v) is 2.37. The van der Waals surface area contributed by atoms with Crippen LogP contribution in [0.5, 0.6) is 11.5 Å². The first kappa shape index (κ1) is 18.1. The van der Waals surface area contributed by atoms with E-state index in [1.165, 1.54) is 50.6 Å². The summed E-state index contributed by atoms with van der Waals surface area (Å²) in [6.45, 7) is 0. The highest BCUT2D eigenvalue weighted by Gasteiger charge is 2.12. The summed E-state index contributed by atoms with van der Waals surface area (Å²) in [4.78, 5) is 24.6. The molecule has 0 aliphatic heterocycles. The zero-order valence-corrected chi connectivity index (χ0v) is 14.6. The quantitative estimate of drug-likeness (QED) is 0.748. The second-order valence-corrected chi connectivity index (χ2v) is 5.50. The van der Waals surface area contributed by atoms with Crippen LogP contribution in [0.3, 0.4) is 0 Å². The van der Waals surface area contributed by atoms with E-state index in [-0.39, 0.29) is 5.69 Å². The molecule has 1 heterocycles. The largest absolute Gasteiger partial charge is 0.497 e. The molecule has 3 aromatic rings. The Morgan fingerprint density at radius 2 is 1.63 bits per heavy atom. The molecule has 8 heteroatoms. The van der Waals surface area contributed by atoms with Gasteiger partial charge >= 0.3 is 0 Å². The first-order valence-electron chi connectivity index (χ1n) is 7.91. The average molecular weight is 369 g/mol. The van der Waals surface area contributed by atoms with Gasteiger partial charge in [0.05, 0.1) is 19.9 Å². The predicted molar refractivity (Wildman–Crippen MR) is 97.3 cm³/mol. The molecule has 1 amide bonds. The number of aromatic nitrogens is 2. The van der Waals surface area contributed by atoms with E-state index in [2.05, 4.69) is 10.4 Å². The van der Waals surface area contributed by atoms with Crippen LogP contribution in [-0.4, -0.2) is 29.9 Å². The molecule has 27 heavy (non-hydrogen) atoms. The van der Waals surface area contributed by atoms with Crippen molar-refractivity contribution >= 4 is 11.6 Å². The fourth-order valence-electron chi connectivity index (χ4n) is 2.37. The molecule has 7 nitrogen and oxygen atoms in total. The van der Waals surface area contributed by atoms with Gasteiger partial charge in [-0.2, -0.15) is 9.78 Å². The van der Waals surface area contributed by atoms with E-state index in [1.807, 2.05) is 0 Å². The summed E-state index contributed by atoms with van der Waals surface area (Å²) in [7, 11) is 3.00. The van der Waals surface area contributed by atoms with Crippen LogP contribution in [0.2, 0.25) is 0 Å². The van der Waals surface area contributed by atoms with Crippen LogP contribution in [-0.2, 0) is 0 Å². The number of carbonyl (C=O) groups is 1. The summed E-state index contributed by atoms with van der Waals surface area (Å²) in [5, 5.41) is 6.74. The SMILES string of the molecule is COc1cc(NC(=O)c2ccc(=O)n(-c3ccc(F)cc3)n2)cc(OC)c1. The van der Waals surface area contributed by atoms with Gasteiger partial charge in [-0.05, 0) is 30.3 Å². The minimum Gasteiger partial charge on any atom is -0.497 e. The third-order valence-corrected chi connectivity index (χ3v) is 3.71. The van der Waals surface area contributed by atoms with Crippen molar-refractivity contribution in [1.29, 1.82) is 0 Å². The molecule has 1 aromatic heterocycles. The maximum atomic E-state index is 13.1. The molecule has 0 aliphatic carbocycles. The number of rotatable bonds is 5. The molecular formula is C19H16FN3O4. The topological polar surface area (TPSA) is 82.5 Å². The molecule has 138 valence electrons. The molecule has 2 aromatic carbocycles. The lowest BCUT2D eigenvalue weighted by molar-refractivity contribution is 0.102. The highest BCUT2D eigenvalue weighted by Crippen LogP contribution is 2.26. The third kappa shape index (κ3) is 4.12. The van der Waals surface area contributed by atoms with Gasteiger partial charge in [-0.1, -0.05) is 0 Å². The van der Waals surface area contributed by atoms with E-state index in [1.54, 1.807) is 18.2 Å². The third-order valence-electron chi connectivity index (χ3n) is 3.71. The Morgan fingerprint density at radius 3 is 2.22 bits per heavy atom. The van der Waals surface area contributed by atoms with Gasteiger partial charge in [-0.3, -0.25) is 9.59 Å². The molecule has 0 unspecified atom stereocenters. The Balaban J connectivity index is 1.91. The summed E-state index contributed by atoms with van der Waals surface area (Å²) in [6, 6.07) is 12.7. The van der Waals surface area contributed by atoms with Crippen molar-refractivity contribution in [3.63, 3.8) is 0 Å². The lowest BCUT2D eigenvalue weighted by Crippen LogP contribution is -2.24. The van der Waals surface area contributed by atoms with Crippen LogP contribution >= 0.6 is 0 Å². The van der Waals surface area contributed by atoms with E-state index in [0.29, 0.717) is 22.9 Å². The fraction of sp³-hybridized carbons (Fsp3) is 0.105. The van der Waals surface area contributed by atoms with Crippen molar-refractivity contribution in [2.24, 2.45) is 0 Å². The van der Waals surface area contributed by atoms with Crippen molar-refractivity contribution in [2.75, 3.05) is 19.5 Å². The lowest BCUT2D eigenvalue weighted by atomic mass is 10.2. The number of amides is 1. The van der Waals surface area contributed by atoms with Crippen molar-refractivity contribution in [1.82, 2.24) is 9.78 Å². The van der Waals surface area contributed by atoms with E-state index >= 15 is 0 Å². The first-order chi connectivity index (χ1) is 13.0.